The molecular weight excluding hydrogens is 433 g/mol. The minimum atomic E-state index is -0.711. The zero-order chi connectivity index (χ0) is 17.3. The lowest BCUT2D eigenvalue weighted by Crippen LogP contribution is -2.56. The van der Waals surface area contributed by atoms with Gasteiger partial charge in [-0.1, -0.05) is 12.2 Å². The van der Waals surface area contributed by atoms with Crippen molar-refractivity contribution in [3.05, 3.63) is 45.6 Å². The number of halogens is 1. The van der Waals surface area contributed by atoms with E-state index in [2.05, 4.69) is 45.5 Å². The average molecular weight is 449 g/mol. The topological polar surface area (TPSA) is 88.4 Å². The van der Waals surface area contributed by atoms with Crippen molar-refractivity contribution in [3.8, 4) is 0 Å². The third kappa shape index (κ3) is 2.08. The second kappa shape index (κ2) is 5.14. The Balaban J connectivity index is 1.36. The Hall–Kier alpha value is -1.74. The molecule has 3 fully saturated rings. The Bertz CT molecular complexity index is 823. The summed E-state index contributed by atoms with van der Waals surface area (Å²) in [6.07, 6.45) is 5.89. The van der Waals surface area contributed by atoms with Crippen molar-refractivity contribution in [2.45, 2.75) is 18.0 Å². The summed E-state index contributed by atoms with van der Waals surface area (Å²) in [6, 6.07) is 7.04. The molecule has 0 radical (unpaired) electrons. The van der Waals surface area contributed by atoms with E-state index in [-0.39, 0.29) is 17.9 Å². The van der Waals surface area contributed by atoms with Crippen LogP contribution < -0.4 is 10.7 Å². The average Bonchev–Trinajstić information content (AvgIpc) is 3.51. The molecule has 2 bridgehead atoms. The number of nitrogens with zero attached hydrogens (tertiary/aromatic N) is 1. The number of imide groups is 1. The number of amides is 3. The van der Waals surface area contributed by atoms with Crippen LogP contribution in [0.1, 0.15) is 16.8 Å². The van der Waals surface area contributed by atoms with Crippen LogP contribution in [0.25, 0.3) is 0 Å². The quantitative estimate of drug-likeness (QED) is 0.238. The van der Waals surface area contributed by atoms with Crippen LogP contribution in [0.2, 0.25) is 0 Å². The fraction of sp³-hybridized carbons (Fsp3) is 0.389. The molecule has 1 aromatic carbocycles. The zero-order valence-corrected chi connectivity index (χ0v) is 15.3. The number of rotatable bonds is 3. The Morgan fingerprint density at radius 3 is 2.72 bits per heavy atom. The summed E-state index contributed by atoms with van der Waals surface area (Å²) >= 11 is 2.15. The van der Waals surface area contributed by atoms with Gasteiger partial charge in [-0.2, -0.15) is 5.01 Å². The first-order valence-electron chi connectivity index (χ1n) is 8.38. The molecule has 25 heavy (non-hydrogen) atoms. The first-order valence-corrected chi connectivity index (χ1v) is 9.45. The molecule has 128 valence electrons. The summed E-state index contributed by atoms with van der Waals surface area (Å²) < 4.78 is 1.00. The highest BCUT2D eigenvalue weighted by atomic mass is 127. The summed E-state index contributed by atoms with van der Waals surface area (Å²) in [7, 11) is 0. The molecule has 2 saturated carbocycles. The molecule has 5 aliphatic rings. The Morgan fingerprint density at radius 1 is 1.24 bits per heavy atom. The fourth-order valence-corrected chi connectivity index (χ4v) is 5.19. The molecule has 6 rings (SSSR count). The predicted octanol–water partition coefficient (Wildman–Crippen LogP) is 1.08. The van der Waals surface area contributed by atoms with Crippen LogP contribution in [0.4, 0.5) is 0 Å². The molecule has 7 heteroatoms. The van der Waals surface area contributed by atoms with Crippen molar-refractivity contribution >= 4 is 40.8 Å². The van der Waals surface area contributed by atoms with Crippen molar-refractivity contribution in [1.29, 1.82) is 0 Å². The highest BCUT2D eigenvalue weighted by Crippen LogP contribution is 2.67. The molecule has 1 aromatic rings. The maximum atomic E-state index is 13.0. The van der Waals surface area contributed by atoms with E-state index < -0.39 is 11.4 Å². The molecule has 6 atom stereocenters. The van der Waals surface area contributed by atoms with Crippen molar-refractivity contribution < 1.29 is 14.4 Å². The van der Waals surface area contributed by atoms with Gasteiger partial charge in [-0.25, -0.2) is 0 Å². The summed E-state index contributed by atoms with van der Waals surface area (Å²) in [5.41, 5.74) is 2.15. The number of benzene rings is 1. The monoisotopic (exact) mass is 449 g/mol. The van der Waals surface area contributed by atoms with Gasteiger partial charge in [-0.05, 0) is 71.0 Å². The van der Waals surface area contributed by atoms with Gasteiger partial charge in [-0.15, -0.1) is 0 Å². The van der Waals surface area contributed by atoms with Crippen LogP contribution in [0.15, 0.2) is 36.4 Å². The Kier molecular flexibility index (Phi) is 3.19. The summed E-state index contributed by atoms with van der Waals surface area (Å²) in [5, 5.41) is 4.16. The van der Waals surface area contributed by atoms with E-state index >= 15 is 0 Å². The minimum absolute atomic E-state index is 0.0939. The molecule has 1 aliphatic heterocycles. The van der Waals surface area contributed by atoms with Gasteiger partial charge < -0.3 is 0 Å². The van der Waals surface area contributed by atoms with Gasteiger partial charge in [0.2, 0.25) is 6.41 Å². The van der Waals surface area contributed by atoms with Crippen LogP contribution in [0, 0.1) is 27.2 Å². The molecule has 2 unspecified atom stereocenters. The second-order valence-corrected chi connectivity index (χ2v) is 8.52. The largest absolute Gasteiger partial charge is 0.296 e. The Labute approximate surface area is 158 Å². The number of hydrogen-bond acceptors (Lipinski definition) is 4. The molecule has 1 heterocycles. The van der Waals surface area contributed by atoms with E-state index in [9.17, 15) is 14.4 Å². The van der Waals surface area contributed by atoms with Gasteiger partial charge in [0.05, 0.1) is 0 Å². The van der Waals surface area contributed by atoms with Gasteiger partial charge in [0.1, 0.15) is 5.54 Å². The Morgan fingerprint density at radius 2 is 2.00 bits per heavy atom. The predicted molar refractivity (Wildman–Crippen MR) is 96.9 cm³/mol. The van der Waals surface area contributed by atoms with E-state index in [1.54, 1.807) is 24.3 Å². The van der Waals surface area contributed by atoms with Crippen LogP contribution in [0.5, 0.6) is 0 Å². The smallest absolute Gasteiger partial charge is 0.270 e. The normalized spacial score (nSPS) is 38.4. The first-order chi connectivity index (χ1) is 12.1. The summed E-state index contributed by atoms with van der Waals surface area (Å²) in [6.45, 7) is 0. The molecule has 2 N–H and O–H groups in total. The van der Waals surface area contributed by atoms with E-state index in [1.807, 2.05) is 0 Å². The highest BCUT2D eigenvalue weighted by molar-refractivity contribution is 14.1. The lowest BCUT2D eigenvalue weighted by Gasteiger charge is -2.35. The molecule has 6 nitrogen and oxygen atoms in total. The summed E-state index contributed by atoms with van der Waals surface area (Å²) in [4.78, 5) is 36.9. The molecule has 4 aliphatic carbocycles. The van der Waals surface area contributed by atoms with Crippen LogP contribution in [-0.4, -0.2) is 34.8 Å². The van der Waals surface area contributed by atoms with Crippen LogP contribution in [-0.2, 0) is 9.59 Å². The third-order valence-electron chi connectivity index (χ3n) is 6.11. The van der Waals surface area contributed by atoms with Gasteiger partial charge in [0, 0.05) is 21.1 Å². The van der Waals surface area contributed by atoms with E-state index in [4.69, 9.17) is 0 Å². The van der Waals surface area contributed by atoms with Gasteiger partial charge in [-0.3, -0.25) is 25.1 Å². The SMILES string of the molecule is O=CN(NC(=O)c1ccc(I)cc1)C(=O)[C@@]12N[C@H]1C1C=CC2[C@@H]2C[C@H]12. The lowest BCUT2D eigenvalue weighted by molar-refractivity contribution is -0.144. The van der Waals surface area contributed by atoms with Crippen molar-refractivity contribution in [3.63, 3.8) is 0 Å². The number of hydrogen-bond donors (Lipinski definition) is 2. The first kappa shape index (κ1) is 15.5. The molecule has 3 amide bonds. The van der Waals surface area contributed by atoms with Crippen molar-refractivity contribution in [1.82, 2.24) is 15.8 Å². The van der Waals surface area contributed by atoms with E-state index in [0.717, 1.165) is 15.0 Å². The number of nitrogens with one attached hydrogen (secondary N) is 2. The number of carbonyl (C=O) groups excluding carboxylic acids is 3. The third-order valence-corrected chi connectivity index (χ3v) is 6.83. The van der Waals surface area contributed by atoms with Gasteiger partial charge in [0.25, 0.3) is 11.8 Å². The molecule has 0 spiro atoms. The van der Waals surface area contributed by atoms with E-state index in [1.165, 1.54) is 0 Å². The van der Waals surface area contributed by atoms with Crippen LogP contribution in [0.3, 0.4) is 0 Å². The molecule has 1 saturated heterocycles. The fourth-order valence-electron chi connectivity index (χ4n) is 4.83. The number of hydrazine groups is 1. The van der Waals surface area contributed by atoms with Gasteiger partial charge >= 0.3 is 0 Å². The van der Waals surface area contributed by atoms with E-state index in [0.29, 0.717) is 29.7 Å². The highest BCUT2D eigenvalue weighted by Gasteiger charge is 2.77. The standard InChI is InChI=1S/C18H16IN3O3/c19-10-3-1-9(2-4-10)16(24)21-22(8-23)17(25)18-14-6-5-11(15(18)20-18)12-7-13(12)14/h1-6,8,11-15,20H,7H2,(H,21,24)/t11?,12-,13-,14?,15+,18+/m1/s1. The zero-order valence-electron chi connectivity index (χ0n) is 13.2. The number of carbonyl (C=O) groups is 3. The van der Waals surface area contributed by atoms with Crippen molar-refractivity contribution in [2.75, 3.05) is 0 Å². The second-order valence-electron chi connectivity index (χ2n) is 7.27. The molecular formula is C18H16IN3O3. The maximum absolute atomic E-state index is 13.0. The van der Waals surface area contributed by atoms with Crippen LogP contribution >= 0.6 is 22.6 Å². The summed E-state index contributed by atoms with van der Waals surface area (Å²) in [5.74, 6) is 0.895. The van der Waals surface area contributed by atoms with Gasteiger partial charge in [0.15, 0.2) is 0 Å². The lowest BCUT2D eigenvalue weighted by atomic mass is 9.68. The maximum Gasteiger partial charge on any atom is 0.270 e. The minimum Gasteiger partial charge on any atom is -0.296 e. The molecule has 0 aromatic heterocycles. The van der Waals surface area contributed by atoms with Crippen molar-refractivity contribution in [2.24, 2.45) is 23.7 Å².